The highest BCUT2D eigenvalue weighted by molar-refractivity contribution is 7.14. The van der Waals surface area contributed by atoms with Gasteiger partial charge >= 0.3 is 6.03 Å². The summed E-state index contributed by atoms with van der Waals surface area (Å²) in [5, 5.41) is 5.63. The fourth-order valence-corrected chi connectivity index (χ4v) is 2.41. The number of hydrogen-bond donors (Lipinski definition) is 1. The SMILES string of the molecule is O=C(Nc1cccs1)N1CC(Oc2ccccn2)C1. The molecule has 1 aliphatic heterocycles. The molecular weight excluding hydrogens is 262 g/mol. The van der Waals surface area contributed by atoms with Crippen molar-refractivity contribution < 1.29 is 9.53 Å². The smallest absolute Gasteiger partial charge is 0.322 e. The number of nitrogens with one attached hydrogen (secondary N) is 1. The number of carbonyl (C=O) groups excluding carboxylic acids is 1. The molecule has 1 aliphatic rings. The first-order valence-corrected chi connectivity index (χ1v) is 6.86. The fourth-order valence-electron chi connectivity index (χ4n) is 1.80. The Kier molecular flexibility index (Phi) is 3.33. The molecule has 2 aromatic rings. The molecule has 2 aromatic heterocycles. The molecule has 0 bridgehead atoms. The molecule has 98 valence electrons. The molecule has 5 nitrogen and oxygen atoms in total. The summed E-state index contributed by atoms with van der Waals surface area (Å²) in [4.78, 5) is 17.6. The summed E-state index contributed by atoms with van der Waals surface area (Å²) < 4.78 is 5.64. The van der Waals surface area contributed by atoms with Crippen molar-refractivity contribution in [3.63, 3.8) is 0 Å². The average molecular weight is 275 g/mol. The lowest BCUT2D eigenvalue weighted by atomic mass is 10.2. The first kappa shape index (κ1) is 12.0. The van der Waals surface area contributed by atoms with Gasteiger partial charge in [-0.25, -0.2) is 9.78 Å². The van der Waals surface area contributed by atoms with Crippen LogP contribution in [-0.4, -0.2) is 35.1 Å². The second kappa shape index (κ2) is 5.27. The van der Waals surface area contributed by atoms with Crippen LogP contribution in [0.5, 0.6) is 5.88 Å². The molecule has 1 N–H and O–H groups in total. The minimum absolute atomic E-state index is 0.0315. The zero-order valence-corrected chi connectivity index (χ0v) is 11.0. The van der Waals surface area contributed by atoms with Crippen LogP contribution in [0.15, 0.2) is 41.9 Å². The molecule has 0 aromatic carbocycles. The summed E-state index contributed by atoms with van der Waals surface area (Å²) >= 11 is 1.51. The highest BCUT2D eigenvalue weighted by Crippen LogP contribution is 2.19. The van der Waals surface area contributed by atoms with Crippen LogP contribution < -0.4 is 10.1 Å². The number of amides is 2. The maximum atomic E-state index is 11.8. The van der Waals surface area contributed by atoms with Crippen LogP contribution in [0.2, 0.25) is 0 Å². The Labute approximate surface area is 114 Å². The molecule has 0 radical (unpaired) electrons. The van der Waals surface area contributed by atoms with E-state index >= 15 is 0 Å². The third kappa shape index (κ3) is 2.85. The van der Waals surface area contributed by atoms with E-state index in [1.165, 1.54) is 11.3 Å². The summed E-state index contributed by atoms with van der Waals surface area (Å²) in [6.45, 7) is 1.18. The minimum atomic E-state index is -0.0803. The fraction of sp³-hybridized carbons (Fsp3) is 0.231. The van der Waals surface area contributed by atoms with Crippen LogP contribution in [0.4, 0.5) is 9.80 Å². The van der Waals surface area contributed by atoms with E-state index in [2.05, 4.69) is 10.3 Å². The van der Waals surface area contributed by atoms with Gasteiger partial charge in [0.1, 0.15) is 6.10 Å². The minimum Gasteiger partial charge on any atom is -0.471 e. The summed E-state index contributed by atoms with van der Waals surface area (Å²) in [6, 6.07) is 9.24. The number of ether oxygens (including phenoxy) is 1. The van der Waals surface area contributed by atoms with E-state index in [9.17, 15) is 4.79 Å². The predicted octanol–water partition coefficient (Wildman–Crippen LogP) is 2.44. The van der Waals surface area contributed by atoms with Gasteiger partial charge in [-0.3, -0.25) is 5.32 Å². The number of nitrogens with zero attached hydrogens (tertiary/aromatic N) is 2. The van der Waals surface area contributed by atoms with Crippen molar-refractivity contribution in [2.24, 2.45) is 0 Å². The van der Waals surface area contributed by atoms with E-state index in [0.29, 0.717) is 19.0 Å². The molecule has 0 aliphatic carbocycles. The number of aromatic nitrogens is 1. The summed E-state index contributed by atoms with van der Waals surface area (Å²) in [7, 11) is 0. The largest absolute Gasteiger partial charge is 0.471 e. The van der Waals surface area contributed by atoms with Gasteiger partial charge in [0.15, 0.2) is 0 Å². The van der Waals surface area contributed by atoms with Crippen LogP contribution in [0.1, 0.15) is 0 Å². The van der Waals surface area contributed by atoms with Gasteiger partial charge in [0, 0.05) is 12.3 Å². The highest BCUT2D eigenvalue weighted by atomic mass is 32.1. The third-order valence-electron chi connectivity index (χ3n) is 2.81. The number of anilines is 1. The van der Waals surface area contributed by atoms with Crippen molar-refractivity contribution in [3.05, 3.63) is 41.9 Å². The monoisotopic (exact) mass is 275 g/mol. The Hall–Kier alpha value is -2.08. The van der Waals surface area contributed by atoms with Crippen LogP contribution >= 0.6 is 11.3 Å². The third-order valence-corrected chi connectivity index (χ3v) is 3.60. The highest BCUT2D eigenvalue weighted by Gasteiger charge is 2.32. The first-order chi connectivity index (χ1) is 9.31. The molecule has 1 saturated heterocycles. The van der Waals surface area contributed by atoms with Crippen molar-refractivity contribution in [1.29, 1.82) is 0 Å². The molecule has 19 heavy (non-hydrogen) atoms. The zero-order valence-electron chi connectivity index (χ0n) is 10.2. The van der Waals surface area contributed by atoms with E-state index in [4.69, 9.17) is 4.74 Å². The molecule has 0 spiro atoms. The van der Waals surface area contributed by atoms with Gasteiger partial charge in [-0.1, -0.05) is 6.07 Å². The van der Waals surface area contributed by atoms with Crippen molar-refractivity contribution in [2.45, 2.75) is 6.10 Å². The number of thiophene rings is 1. The van der Waals surface area contributed by atoms with E-state index in [1.54, 1.807) is 11.1 Å². The summed E-state index contributed by atoms with van der Waals surface area (Å²) in [6.07, 6.45) is 1.72. The Bertz CT molecular complexity index is 538. The molecular formula is C13H13N3O2S. The molecule has 3 rings (SSSR count). The van der Waals surface area contributed by atoms with Gasteiger partial charge in [-0.05, 0) is 23.6 Å². The maximum Gasteiger partial charge on any atom is 0.322 e. The molecule has 0 unspecified atom stereocenters. The predicted molar refractivity (Wildman–Crippen MR) is 73.6 cm³/mol. The Morgan fingerprint density at radius 1 is 1.37 bits per heavy atom. The lowest BCUT2D eigenvalue weighted by molar-refractivity contribution is 0.0461. The Morgan fingerprint density at radius 3 is 2.95 bits per heavy atom. The first-order valence-electron chi connectivity index (χ1n) is 5.98. The number of rotatable bonds is 3. The van der Waals surface area contributed by atoms with Crippen molar-refractivity contribution >= 4 is 22.4 Å². The number of urea groups is 1. The quantitative estimate of drug-likeness (QED) is 0.936. The Balaban J connectivity index is 1.46. The summed E-state index contributed by atoms with van der Waals surface area (Å²) in [5.41, 5.74) is 0. The molecule has 6 heteroatoms. The van der Waals surface area contributed by atoms with Crippen molar-refractivity contribution in [2.75, 3.05) is 18.4 Å². The van der Waals surface area contributed by atoms with Gasteiger partial charge in [0.2, 0.25) is 5.88 Å². The van der Waals surface area contributed by atoms with Gasteiger partial charge in [-0.2, -0.15) is 0 Å². The maximum absolute atomic E-state index is 11.8. The molecule has 0 saturated carbocycles. The lowest BCUT2D eigenvalue weighted by Gasteiger charge is -2.38. The second-order valence-electron chi connectivity index (χ2n) is 4.22. The van der Waals surface area contributed by atoms with Gasteiger partial charge in [-0.15, -0.1) is 11.3 Å². The average Bonchev–Trinajstić information content (AvgIpc) is 2.87. The number of carbonyl (C=O) groups is 1. The molecule has 1 fully saturated rings. The molecule has 2 amide bonds. The van der Waals surface area contributed by atoms with Gasteiger partial charge in [0.05, 0.1) is 18.1 Å². The standard InChI is InChI=1S/C13H13N3O2S/c17-13(15-12-5-3-7-19-12)16-8-10(9-16)18-11-4-1-2-6-14-11/h1-7,10H,8-9H2,(H,15,17). The topological polar surface area (TPSA) is 54.5 Å². The van der Waals surface area contributed by atoms with Crippen molar-refractivity contribution in [1.82, 2.24) is 9.88 Å². The molecule has 3 heterocycles. The number of hydrogen-bond acceptors (Lipinski definition) is 4. The second-order valence-corrected chi connectivity index (χ2v) is 5.17. The normalized spacial score (nSPS) is 14.8. The Morgan fingerprint density at radius 2 is 2.26 bits per heavy atom. The van der Waals surface area contributed by atoms with E-state index in [-0.39, 0.29) is 12.1 Å². The van der Waals surface area contributed by atoms with E-state index in [0.717, 1.165) is 5.00 Å². The van der Waals surface area contributed by atoms with E-state index < -0.39 is 0 Å². The van der Waals surface area contributed by atoms with Gasteiger partial charge < -0.3 is 9.64 Å². The number of pyridine rings is 1. The van der Waals surface area contributed by atoms with Crippen LogP contribution in [0.25, 0.3) is 0 Å². The van der Waals surface area contributed by atoms with Crippen LogP contribution in [0.3, 0.4) is 0 Å². The van der Waals surface area contributed by atoms with Gasteiger partial charge in [0.25, 0.3) is 0 Å². The van der Waals surface area contributed by atoms with Crippen molar-refractivity contribution in [3.8, 4) is 5.88 Å². The lowest BCUT2D eigenvalue weighted by Crippen LogP contribution is -2.57. The van der Waals surface area contributed by atoms with E-state index in [1.807, 2.05) is 35.7 Å². The van der Waals surface area contributed by atoms with Crippen LogP contribution in [0, 0.1) is 0 Å². The number of likely N-dealkylation sites (tertiary alicyclic amines) is 1. The molecule has 0 atom stereocenters. The summed E-state index contributed by atoms with van der Waals surface area (Å²) in [5.74, 6) is 0.603. The van der Waals surface area contributed by atoms with Crippen LogP contribution in [-0.2, 0) is 0 Å². The zero-order chi connectivity index (χ0) is 13.1.